The van der Waals surface area contributed by atoms with Crippen LogP contribution in [0.4, 0.5) is 4.39 Å². The fourth-order valence-electron chi connectivity index (χ4n) is 2.75. The van der Waals surface area contributed by atoms with Crippen molar-refractivity contribution < 1.29 is 4.39 Å². The average molecular weight is 470 g/mol. The zero-order valence-electron chi connectivity index (χ0n) is 15.9. The number of halogens is 2. The van der Waals surface area contributed by atoms with E-state index < -0.39 is 0 Å². The van der Waals surface area contributed by atoms with Crippen molar-refractivity contribution in [3.05, 3.63) is 71.0 Å². The molecule has 0 aliphatic carbocycles. The Kier molecular flexibility index (Phi) is 9.58. The van der Waals surface area contributed by atoms with Gasteiger partial charge in [0.05, 0.1) is 0 Å². The summed E-state index contributed by atoms with van der Waals surface area (Å²) in [6, 6.07) is 15.2. The number of hydrogen-bond donors (Lipinski definition) is 1. The van der Waals surface area contributed by atoms with Gasteiger partial charge in [-0.05, 0) is 42.9 Å². The van der Waals surface area contributed by atoms with Crippen LogP contribution in [0.2, 0.25) is 0 Å². The van der Waals surface area contributed by atoms with Crippen LogP contribution in [0, 0.1) is 5.82 Å². The molecule has 0 fully saturated rings. The standard InChI is InChI=1S/C20H27FN4.HI/c1-22-20(25(4)15-18-9-6-10-19(21)12-18)23-13-16-7-5-8-17(11-16)14-24(2)3;/h5-12H,13-15H2,1-4H3,(H,22,23);1H. The van der Waals surface area contributed by atoms with Crippen LogP contribution in [0.5, 0.6) is 0 Å². The fraction of sp³-hybridized carbons (Fsp3) is 0.350. The molecule has 2 aromatic rings. The molecule has 0 aliphatic heterocycles. The van der Waals surface area contributed by atoms with Crippen molar-refractivity contribution in [3.63, 3.8) is 0 Å². The molecule has 2 aromatic carbocycles. The Morgan fingerprint density at radius 2 is 1.58 bits per heavy atom. The number of nitrogens with zero attached hydrogens (tertiary/aromatic N) is 3. The van der Waals surface area contributed by atoms with Crippen LogP contribution in [-0.4, -0.2) is 44.0 Å². The third-order valence-corrected chi connectivity index (χ3v) is 3.82. The van der Waals surface area contributed by atoms with E-state index in [-0.39, 0.29) is 29.8 Å². The minimum absolute atomic E-state index is 0. The molecule has 0 aliphatic rings. The summed E-state index contributed by atoms with van der Waals surface area (Å²) in [6.45, 7) is 2.21. The van der Waals surface area contributed by atoms with Crippen molar-refractivity contribution in [2.24, 2.45) is 4.99 Å². The SMILES string of the molecule is CN=C(NCc1cccc(CN(C)C)c1)N(C)Cc1cccc(F)c1.I. The van der Waals surface area contributed by atoms with Crippen LogP contribution in [-0.2, 0) is 19.6 Å². The first-order valence-corrected chi connectivity index (χ1v) is 8.36. The van der Waals surface area contributed by atoms with Crippen molar-refractivity contribution in [1.82, 2.24) is 15.1 Å². The van der Waals surface area contributed by atoms with E-state index in [0.29, 0.717) is 13.1 Å². The van der Waals surface area contributed by atoms with Gasteiger partial charge in [-0.1, -0.05) is 36.4 Å². The maximum absolute atomic E-state index is 13.3. The van der Waals surface area contributed by atoms with Gasteiger partial charge in [-0.15, -0.1) is 24.0 Å². The minimum atomic E-state index is -0.216. The largest absolute Gasteiger partial charge is 0.352 e. The summed E-state index contributed by atoms with van der Waals surface area (Å²) in [4.78, 5) is 8.46. The van der Waals surface area contributed by atoms with Crippen molar-refractivity contribution >= 4 is 29.9 Å². The molecule has 2 rings (SSSR count). The lowest BCUT2D eigenvalue weighted by atomic mass is 10.1. The lowest BCUT2D eigenvalue weighted by molar-refractivity contribution is 0.402. The molecule has 0 atom stereocenters. The molecular weight excluding hydrogens is 442 g/mol. The van der Waals surface area contributed by atoms with Crippen LogP contribution in [0.1, 0.15) is 16.7 Å². The molecule has 0 aromatic heterocycles. The van der Waals surface area contributed by atoms with E-state index in [1.165, 1.54) is 17.2 Å². The molecule has 0 spiro atoms. The Morgan fingerprint density at radius 3 is 2.19 bits per heavy atom. The topological polar surface area (TPSA) is 30.9 Å². The Balaban J connectivity index is 0.00000338. The van der Waals surface area contributed by atoms with Crippen LogP contribution < -0.4 is 5.32 Å². The number of benzene rings is 2. The molecule has 0 bridgehead atoms. The Hall–Kier alpha value is -1.67. The molecule has 0 amide bonds. The summed E-state index contributed by atoms with van der Waals surface area (Å²) in [5.74, 6) is 0.564. The summed E-state index contributed by atoms with van der Waals surface area (Å²) in [7, 11) is 7.83. The van der Waals surface area contributed by atoms with Gasteiger partial charge < -0.3 is 15.1 Å². The predicted octanol–water partition coefficient (Wildman–Crippen LogP) is 3.71. The zero-order chi connectivity index (χ0) is 18.2. The second-order valence-electron chi connectivity index (χ2n) is 6.44. The first-order valence-electron chi connectivity index (χ1n) is 8.36. The van der Waals surface area contributed by atoms with Gasteiger partial charge in [0.2, 0.25) is 0 Å². The first-order chi connectivity index (χ1) is 12.0. The molecule has 0 saturated heterocycles. The van der Waals surface area contributed by atoms with Crippen LogP contribution in [0.25, 0.3) is 0 Å². The number of rotatable bonds is 6. The van der Waals surface area contributed by atoms with Gasteiger partial charge in [0.25, 0.3) is 0 Å². The number of nitrogens with one attached hydrogen (secondary N) is 1. The predicted molar refractivity (Wildman–Crippen MR) is 117 cm³/mol. The van der Waals surface area contributed by atoms with Gasteiger partial charge in [-0.25, -0.2) is 4.39 Å². The molecule has 6 heteroatoms. The van der Waals surface area contributed by atoms with Gasteiger partial charge in [-0.2, -0.15) is 0 Å². The van der Waals surface area contributed by atoms with Crippen LogP contribution >= 0.6 is 24.0 Å². The van der Waals surface area contributed by atoms with E-state index in [9.17, 15) is 4.39 Å². The normalized spacial score (nSPS) is 11.2. The van der Waals surface area contributed by atoms with Gasteiger partial charge in [0, 0.05) is 33.7 Å². The van der Waals surface area contributed by atoms with E-state index in [4.69, 9.17) is 0 Å². The maximum atomic E-state index is 13.3. The smallest absolute Gasteiger partial charge is 0.193 e. The summed E-state index contributed by atoms with van der Waals surface area (Å²) < 4.78 is 13.3. The van der Waals surface area contributed by atoms with Gasteiger partial charge in [0.1, 0.15) is 5.82 Å². The van der Waals surface area contributed by atoms with Crippen molar-refractivity contribution in [2.75, 3.05) is 28.2 Å². The molecule has 4 nitrogen and oxygen atoms in total. The van der Waals surface area contributed by atoms with E-state index in [2.05, 4.69) is 53.6 Å². The lowest BCUT2D eigenvalue weighted by Gasteiger charge is -2.22. The van der Waals surface area contributed by atoms with E-state index >= 15 is 0 Å². The van der Waals surface area contributed by atoms with Gasteiger partial charge in [0.15, 0.2) is 5.96 Å². The average Bonchev–Trinajstić information content (AvgIpc) is 2.55. The van der Waals surface area contributed by atoms with Crippen LogP contribution in [0.3, 0.4) is 0 Å². The molecule has 0 heterocycles. The van der Waals surface area contributed by atoms with Crippen molar-refractivity contribution in [2.45, 2.75) is 19.6 Å². The maximum Gasteiger partial charge on any atom is 0.193 e. The molecule has 0 saturated carbocycles. The fourth-order valence-corrected chi connectivity index (χ4v) is 2.75. The zero-order valence-corrected chi connectivity index (χ0v) is 18.2. The van der Waals surface area contributed by atoms with E-state index in [1.54, 1.807) is 19.2 Å². The summed E-state index contributed by atoms with van der Waals surface area (Å²) in [5.41, 5.74) is 3.41. The second-order valence-corrected chi connectivity index (χ2v) is 6.44. The lowest BCUT2D eigenvalue weighted by Crippen LogP contribution is -2.38. The second kappa shape index (κ2) is 11.1. The Morgan fingerprint density at radius 1 is 0.962 bits per heavy atom. The third kappa shape index (κ3) is 7.29. The van der Waals surface area contributed by atoms with Crippen LogP contribution in [0.15, 0.2) is 53.5 Å². The minimum Gasteiger partial charge on any atom is -0.352 e. The molecule has 0 radical (unpaired) electrons. The monoisotopic (exact) mass is 470 g/mol. The quantitative estimate of drug-likeness (QED) is 0.397. The number of guanidine groups is 1. The van der Waals surface area contributed by atoms with Crippen molar-refractivity contribution in [3.8, 4) is 0 Å². The van der Waals surface area contributed by atoms with Gasteiger partial charge >= 0.3 is 0 Å². The summed E-state index contributed by atoms with van der Waals surface area (Å²) >= 11 is 0. The molecule has 1 N–H and O–H groups in total. The molecule has 142 valence electrons. The van der Waals surface area contributed by atoms with E-state index in [1.807, 2.05) is 18.0 Å². The highest BCUT2D eigenvalue weighted by molar-refractivity contribution is 14.0. The number of hydrogen-bond acceptors (Lipinski definition) is 2. The first kappa shape index (κ1) is 22.4. The van der Waals surface area contributed by atoms with Crippen molar-refractivity contribution in [1.29, 1.82) is 0 Å². The van der Waals surface area contributed by atoms with E-state index in [0.717, 1.165) is 18.1 Å². The third-order valence-electron chi connectivity index (χ3n) is 3.82. The van der Waals surface area contributed by atoms with Gasteiger partial charge in [-0.3, -0.25) is 4.99 Å². The number of aliphatic imine (C=N–C) groups is 1. The molecule has 0 unspecified atom stereocenters. The highest BCUT2D eigenvalue weighted by Gasteiger charge is 2.07. The molecular formula is C20H28FIN4. The summed E-state index contributed by atoms with van der Waals surface area (Å²) in [5, 5.41) is 3.37. The summed E-state index contributed by atoms with van der Waals surface area (Å²) in [6.07, 6.45) is 0. The Labute approximate surface area is 173 Å². The molecule has 26 heavy (non-hydrogen) atoms. The highest BCUT2D eigenvalue weighted by Crippen LogP contribution is 2.09. The highest BCUT2D eigenvalue weighted by atomic mass is 127. The Bertz CT molecular complexity index is 718.